The van der Waals surface area contributed by atoms with E-state index in [1.54, 1.807) is 32.1 Å². The molecule has 0 bridgehead atoms. The molecule has 0 saturated carbocycles. The van der Waals surface area contributed by atoms with Crippen molar-refractivity contribution in [2.24, 2.45) is 4.99 Å². The number of aromatic nitrogens is 1. The summed E-state index contributed by atoms with van der Waals surface area (Å²) in [5, 5.41) is 20.8. The number of nitrogens with zero attached hydrogens (tertiary/aromatic N) is 3. The van der Waals surface area contributed by atoms with E-state index in [0.717, 1.165) is 11.1 Å². The normalized spacial score (nSPS) is 11.5. The Labute approximate surface area is 202 Å². The molecule has 4 rings (SSSR count). The third-order valence-corrected chi connectivity index (χ3v) is 5.62. The zero-order valence-corrected chi connectivity index (χ0v) is 19.7. The van der Waals surface area contributed by atoms with Gasteiger partial charge in [-0.3, -0.25) is 0 Å². The summed E-state index contributed by atoms with van der Waals surface area (Å²) in [6.45, 7) is 0.460. The average Bonchev–Trinajstić information content (AvgIpc) is 3.18. The molecule has 8 nitrogen and oxygen atoms in total. The van der Waals surface area contributed by atoms with Crippen molar-refractivity contribution >= 4 is 34.3 Å². The number of fused-ring (bicyclic) bond motifs is 1. The first-order chi connectivity index (χ1) is 16.7. The van der Waals surface area contributed by atoms with Crippen LogP contribution < -0.4 is 0 Å². The zero-order chi connectivity index (χ0) is 25.1. The van der Waals surface area contributed by atoms with Crippen molar-refractivity contribution in [3.63, 3.8) is 0 Å². The van der Waals surface area contributed by atoms with Crippen LogP contribution in [-0.4, -0.2) is 63.9 Å². The predicted molar refractivity (Wildman–Crippen MR) is 136 cm³/mol. The van der Waals surface area contributed by atoms with Crippen molar-refractivity contribution in [2.45, 2.75) is 6.54 Å². The molecular weight excluding hydrogens is 444 g/mol. The number of hydrogen-bond acceptors (Lipinski definition) is 4. The highest BCUT2D eigenvalue weighted by Gasteiger charge is 2.20. The number of carboxylic acid groups (broad SMARTS) is 1. The lowest BCUT2D eigenvalue weighted by molar-refractivity contribution is 0.0697. The van der Waals surface area contributed by atoms with Gasteiger partial charge in [-0.15, -0.1) is 0 Å². The van der Waals surface area contributed by atoms with Gasteiger partial charge in [-0.2, -0.15) is 0 Å². The van der Waals surface area contributed by atoms with E-state index in [2.05, 4.69) is 4.98 Å². The Bertz CT molecular complexity index is 1410. The zero-order valence-electron chi connectivity index (χ0n) is 19.7. The average molecular weight is 471 g/mol. The van der Waals surface area contributed by atoms with Crippen LogP contribution in [0.25, 0.3) is 10.9 Å². The van der Waals surface area contributed by atoms with Gasteiger partial charge in [-0.1, -0.05) is 48.5 Å². The van der Waals surface area contributed by atoms with Gasteiger partial charge in [0.1, 0.15) is 0 Å². The number of carbonyl (C=O) groups is 2. The highest BCUT2D eigenvalue weighted by molar-refractivity contribution is 6.22. The van der Waals surface area contributed by atoms with Crippen molar-refractivity contribution in [2.75, 3.05) is 21.1 Å². The maximum absolute atomic E-state index is 12.1. The Morgan fingerprint density at radius 2 is 1.60 bits per heavy atom. The second-order valence-electron chi connectivity index (χ2n) is 8.44. The molecule has 0 aliphatic heterocycles. The fraction of sp³-hybridized carbons (Fsp3) is 0.148. The van der Waals surface area contributed by atoms with Crippen molar-refractivity contribution in [3.05, 3.63) is 95.1 Å². The number of urea groups is 1. The molecule has 0 aliphatic rings. The van der Waals surface area contributed by atoms with Crippen LogP contribution in [0.15, 0.2) is 77.8 Å². The van der Waals surface area contributed by atoms with Gasteiger partial charge in [0.2, 0.25) is 0 Å². The van der Waals surface area contributed by atoms with Gasteiger partial charge in [0.25, 0.3) is 0 Å². The fourth-order valence-corrected chi connectivity index (χ4v) is 3.90. The van der Waals surface area contributed by atoms with E-state index >= 15 is 0 Å². The Morgan fingerprint density at radius 1 is 0.914 bits per heavy atom. The maximum atomic E-state index is 12.1. The van der Waals surface area contributed by atoms with Crippen LogP contribution >= 0.6 is 0 Å². The molecule has 1 heterocycles. The number of aromatic carboxylic acids is 1. The Kier molecular flexibility index (Phi) is 6.55. The lowest BCUT2D eigenvalue weighted by Crippen LogP contribution is -2.35. The van der Waals surface area contributed by atoms with Crippen LogP contribution in [-0.2, 0) is 6.54 Å². The molecular formula is C27H26N4O4. The number of hydrogen-bond donors (Lipinski definition) is 3. The lowest BCUT2D eigenvalue weighted by atomic mass is 10.00. The Hall–Kier alpha value is -4.59. The maximum Gasteiger partial charge on any atom is 0.335 e. The van der Waals surface area contributed by atoms with Crippen molar-refractivity contribution in [1.82, 2.24) is 14.8 Å². The van der Waals surface area contributed by atoms with Crippen LogP contribution in [0, 0.1) is 0 Å². The molecule has 4 aromatic rings. The minimum Gasteiger partial charge on any atom is -0.494 e. The van der Waals surface area contributed by atoms with Crippen molar-refractivity contribution < 1.29 is 19.8 Å². The summed E-state index contributed by atoms with van der Waals surface area (Å²) in [4.78, 5) is 34.4. The molecule has 35 heavy (non-hydrogen) atoms. The number of carboxylic acids is 1. The number of carbonyl (C=O) groups excluding carboxylic acids is 1. The minimum absolute atomic E-state index is 0.0840. The predicted octanol–water partition coefficient (Wildman–Crippen LogP) is 4.85. The molecule has 8 heteroatoms. The first-order valence-electron chi connectivity index (χ1n) is 11.0. The Morgan fingerprint density at radius 3 is 2.23 bits per heavy atom. The van der Waals surface area contributed by atoms with Gasteiger partial charge in [0.15, 0.2) is 5.88 Å². The van der Waals surface area contributed by atoms with Crippen LogP contribution in [0.4, 0.5) is 10.5 Å². The molecule has 0 aliphatic carbocycles. The molecule has 3 N–H and O–H groups in total. The molecule has 0 unspecified atom stereocenters. The summed E-state index contributed by atoms with van der Waals surface area (Å²) in [6, 6.07) is 21.6. The molecule has 178 valence electrons. The van der Waals surface area contributed by atoms with E-state index in [1.807, 2.05) is 54.6 Å². The number of aromatic hydroxyl groups is 1. The monoisotopic (exact) mass is 470 g/mol. The minimum atomic E-state index is -1.04. The van der Waals surface area contributed by atoms with Gasteiger partial charge in [0.05, 0.1) is 22.5 Å². The van der Waals surface area contributed by atoms with Gasteiger partial charge in [0, 0.05) is 44.2 Å². The molecule has 1 aromatic heterocycles. The first kappa shape index (κ1) is 23.6. The number of aromatic amines is 1. The molecule has 2 amide bonds. The highest BCUT2D eigenvalue weighted by atomic mass is 16.4. The van der Waals surface area contributed by atoms with Crippen LogP contribution in [0.3, 0.4) is 0 Å². The summed E-state index contributed by atoms with van der Waals surface area (Å²) < 4.78 is 0. The van der Waals surface area contributed by atoms with E-state index in [9.17, 15) is 19.8 Å². The number of aliphatic imine (C=N–C) groups is 1. The Balaban J connectivity index is 1.75. The number of rotatable bonds is 6. The molecule has 3 aromatic carbocycles. The molecule has 0 spiro atoms. The standard InChI is InChI=1S/C27H26N4O4/c1-30(2)27(35)31(3)16-17-9-12-20(13-10-17)28-24(18-7-5-4-6-8-18)23-21-14-11-19(26(33)34)15-22(21)29-25(23)32/h4-15,29,32H,16H2,1-3H3,(H,33,34). The molecule has 0 atom stereocenters. The number of nitrogens with one attached hydrogen (secondary N) is 1. The summed E-state index contributed by atoms with van der Waals surface area (Å²) in [6.07, 6.45) is 0. The largest absolute Gasteiger partial charge is 0.494 e. The lowest BCUT2D eigenvalue weighted by Gasteiger charge is -2.21. The van der Waals surface area contributed by atoms with Crippen molar-refractivity contribution in [1.29, 1.82) is 0 Å². The summed E-state index contributed by atoms with van der Waals surface area (Å²) in [7, 11) is 5.17. The van der Waals surface area contributed by atoms with E-state index < -0.39 is 5.97 Å². The third-order valence-electron chi connectivity index (χ3n) is 5.62. The van der Waals surface area contributed by atoms with Crippen LogP contribution in [0.5, 0.6) is 5.88 Å². The summed E-state index contributed by atoms with van der Waals surface area (Å²) in [5.74, 6) is -1.14. The smallest absolute Gasteiger partial charge is 0.335 e. The topological polar surface area (TPSA) is 109 Å². The fourth-order valence-electron chi connectivity index (χ4n) is 3.90. The SMILES string of the molecule is CN(C)C(=O)N(C)Cc1ccc(N=C(c2ccccc2)c2c(O)[nH]c3cc(C(=O)O)ccc23)cc1. The van der Waals surface area contributed by atoms with E-state index in [1.165, 1.54) is 17.0 Å². The molecule has 0 fully saturated rings. The second kappa shape index (κ2) is 9.72. The number of H-pyrrole nitrogens is 1. The highest BCUT2D eigenvalue weighted by Crippen LogP contribution is 2.32. The summed E-state index contributed by atoms with van der Waals surface area (Å²) in [5.41, 5.74) is 4.09. The quantitative estimate of drug-likeness (QED) is 0.350. The van der Waals surface area contributed by atoms with Crippen molar-refractivity contribution in [3.8, 4) is 5.88 Å². The van der Waals surface area contributed by atoms with Crippen LogP contribution in [0.2, 0.25) is 0 Å². The van der Waals surface area contributed by atoms with E-state index in [4.69, 9.17) is 4.99 Å². The van der Waals surface area contributed by atoms with E-state index in [-0.39, 0.29) is 17.5 Å². The van der Waals surface area contributed by atoms with Gasteiger partial charge < -0.3 is 25.0 Å². The van der Waals surface area contributed by atoms with Crippen LogP contribution in [0.1, 0.15) is 27.0 Å². The first-order valence-corrected chi connectivity index (χ1v) is 11.0. The number of benzene rings is 3. The summed E-state index contributed by atoms with van der Waals surface area (Å²) >= 11 is 0. The molecule has 0 radical (unpaired) electrons. The third kappa shape index (κ3) is 5.01. The molecule has 0 saturated heterocycles. The van der Waals surface area contributed by atoms with Gasteiger partial charge >= 0.3 is 12.0 Å². The number of amides is 2. The van der Waals surface area contributed by atoms with E-state index in [0.29, 0.717) is 34.4 Å². The second-order valence-corrected chi connectivity index (χ2v) is 8.44. The van der Waals surface area contributed by atoms with Gasteiger partial charge in [-0.25, -0.2) is 14.6 Å². The van der Waals surface area contributed by atoms with Gasteiger partial charge in [-0.05, 0) is 29.8 Å².